The van der Waals surface area contributed by atoms with Gasteiger partial charge < -0.3 is 4.90 Å². The SMILES string of the molecule is CN(C(=O)c1ccc([N+](=O)[O-])cc1)C1CCCCC1. The molecule has 19 heavy (non-hydrogen) atoms. The topological polar surface area (TPSA) is 63.5 Å². The molecule has 5 nitrogen and oxygen atoms in total. The van der Waals surface area contributed by atoms with Gasteiger partial charge in [-0.1, -0.05) is 19.3 Å². The van der Waals surface area contributed by atoms with Crippen molar-refractivity contribution in [3.8, 4) is 0 Å². The molecule has 0 radical (unpaired) electrons. The fraction of sp³-hybridized carbons (Fsp3) is 0.500. The van der Waals surface area contributed by atoms with Crippen LogP contribution < -0.4 is 0 Å². The van der Waals surface area contributed by atoms with Crippen LogP contribution in [0.4, 0.5) is 5.69 Å². The van der Waals surface area contributed by atoms with E-state index < -0.39 is 4.92 Å². The van der Waals surface area contributed by atoms with Gasteiger partial charge in [0.05, 0.1) is 4.92 Å². The van der Waals surface area contributed by atoms with E-state index in [1.165, 1.54) is 43.5 Å². The lowest BCUT2D eigenvalue weighted by atomic mass is 9.94. The van der Waals surface area contributed by atoms with E-state index in [2.05, 4.69) is 0 Å². The largest absolute Gasteiger partial charge is 0.339 e. The minimum Gasteiger partial charge on any atom is -0.339 e. The van der Waals surface area contributed by atoms with Crippen molar-refractivity contribution in [1.29, 1.82) is 0 Å². The van der Waals surface area contributed by atoms with Crippen LogP contribution in [0.3, 0.4) is 0 Å². The summed E-state index contributed by atoms with van der Waals surface area (Å²) in [4.78, 5) is 24.2. The molecule has 0 bridgehead atoms. The van der Waals surface area contributed by atoms with Gasteiger partial charge in [0.25, 0.3) is 11.6 Å². The Morgan fingerprint density at radius 3 is 2.32 bits per heavy atom. The lowest BCUT2D eigenvalue weighted by Gasteiger charge is -2.31. The standard InChI is InChI=1S/C14H18N2O3/c1-15(12-5-3-2-4-6-12)14(17)11-7-9-13(10-8-11)16(18)19/h7-10,12H,2-6H2,1H3. The maximum atomic E-state index is 12.3. The fourth-order valence-electron chi connectivity index (χ4n) is 2.56. The number of rotatable bonds is 3. The number of hydrogen-bond acceptors (Lipinski definition) is 3. The summed E-state index contributed by atoms with van der Waals surface area (Å²) in [6.45, 7) is 0. The van der Waals surface area contributed by atoms with Crippen LogP contribution in [0.1, 0.15) is 42.5 Å². The van der Waals surface area contributed by atoms with Crippen LogP contribution in [-0.2, 0) is 0 Å². The Hall–Kier alpha value is -1.91. The van der Waals surface area contributed by atoms with Crippen molar-refractivity contribution in [2.45, 2.75) is 38.1 Å². The predicted molar refractivity (Wildman–Crippen MR) is 72.1 cm³/mol. The molecule has 1 fully saturated rings. The third-order valence-corrected chi connectivity index (χ3v) is 3.77. The first-order valence-electron chi connectivity index (χ1n) is 6.61. The maximum absolute atomic E-state index is 12.3. The Kier molecular flexibility index (Phi) is 4.14. The van der Waals surface area contributed by atoms with Crippen LogP contribution in [0.15, 0.2) is 24.3 Å². The Balaban J connectivity index is 2.07. The zero-order valence-electron chi connectivity index (χ0n) is 11.0. The number of hydrogen-bond donors (Lipinski definition) is 0. The zero-order chi connectivity index (χ0) is 13.8. The van der Waals surface area contributed by atoms with E-state index in [-0.39, 0.29) is 11.6 Å². The van der Waals surface area contributed by atoms with Gasteiger partial charge in [0.2, 0.25) is 0 Å². The van der Waals surface area contributed by atoms with E-state index in [1.807, 2.05) is 7.05 Å². The molecule has 0 aliphatic heterocycles. The lowest BCUT2D eigenvalue weighted by molar-refractivity contribution is -0.384. The number of carbonyl (C=O) groups excluding carboxylic acids is 1. The molecule has 1 saturated carbocycles. The van der Waals surface area contributed by atoms with Crippen LogP contribution in [0.25, 0.3) is 0 Å². The normalized spacial score (nSPS) is 16.1. The molecule has 0 unspecified atom stereocenters. The van der Waals surface area contributed by atoms with E-state index in [1.54, 1.807) is 4.90 Å². The number of carbonyl (C=O) groups is 1. The average molecular weight is 262 g/mol. The molecule has 0 spiro atoms. The second-order valence-electron chi connectivity index (χ2n) is 5.01. The first kappa shape index (κ1) is 13.5. The van der Waals surface area contributed by atoms with Crippen LogP contribution in [0.5, 0.6) is 0 Å². The number of amides is 1. The molecule has 1 aromatic rings. The first-order chi connectivity index (χ1) is 9.09. The summed E-state index contributed by atoms with van der Waals surface area (Å²) in [7, 11) is 1.82. The zero-order valence-corrected chi connectivity index (χ0v) is 11.0. The van der Waals surface area contributed by atoms with Gasteiger partial charge in [0.1, 0.15) is 0 Å². The molecular weight excluding hydrogens is 244 g/mol. The summed E-state index contributed by atoms with van der Waals surface area (Å²) < 4.78 is 0. The van der Waals surface area contributed by atoms with Gasteiger partial charge in [-0.2, -0.15) is 0 Å². The summed E-state index contributed by atoms with van der Waals surface area (Å²) in [5, 5.41) is 10.6. The van der Waals surface area contributed by atoms with Gasteiger partial charge in [0, 0.05) is 30.8 Å². The molecule has 0 N–H and O–H groups in total. The third-order valence-electron chi connectivity index (χ3n) is 3.77. The van der Waals surface area contributed by atoms with Crippen LogP contribution in [0, 0.1) is 10.1 Å². The highest BCUT2D eigenvalue weighted by Crippen LogP contribution is 2.23. The van der Waals surface area contributed by atoms with Gasteiger partial charge in [-0.3, -0.25) is 14.9 Å². The van der Waals surface area contributed by atoms with Crippen molar-refractivity contribution in [2.75, 3.05) is 7.05 Å². The second kappa shape index (κ2) is 5.82. The van der Waals surface area contributed by atoms with Crippen molar-refractivity contribution in [2.24, 2.45) is 0 Å². The second-order valence-corrected chi connectivity index (χ2v) is 5.01. The lowest BCUT2D eigenvalue weighted by Crippen LogP contribution is -2.38. The molecule has 0 heterocycles. The van der Waals surface area contributed by atoms with Crippen LogP contribution in [0.2, 0.25) is 0 Å². The predicted octanol–water partition coefficient (Wildman–Crippen LogP) is 3.00. The third kappa shape index (κ3) is 3.10. The minimum atomic E-state index is -0.459. The van der Waals surface area contributed by atoms with Gasteiger partial charge in [0.15, 0.2) is 0 Å². The summed E-state index contributed by atoms with van der Waals surface area (Å²) in [5.74, 6) is -0.0539. The Bertz CT molecular complexity index is 464. The highest BCUT2D eigenvalue weighted by atomic mass is 16.6. The monoisotopic (exact) mass is 262 g/mol. The van der Waals surface area contributed by atoms with Gasteiger partial charge in [-0.25, -0.2) is 0 Å². The summed E-state index contributed by atoms with van der Waals surface area (Å²) in [6, 6.07) is 6.11. The van der Waals surface area contributed by atoms with Crippen molar-refractivity contribution in [3.05, 3.63) is 39.9 Å². The smallest absolute Gasteiger partial charge is 0.269 e. The maximum Gasteiger partial charge on any atom is 0.269 e. The van der Waals surface area contributed by atoms with E-state index >= 15 is 0 Å². The van der Waals surface area contributed by atoms with Crippen molar-refractivity contribution >= 4 is 11.6 Å². The van der Waals surface area contributed by atoms with Gasteiger partial charge in [-0.15, -0.1) is 0 Å². The number of benzene rings is 1. The van der Waals surface area contributed by atoms with E-state index in [0.29, 0.717) is 11.6 Å². The molecule has 1 aromatic carbocycles. The molecule has 2 rings (SSSR count). The molecule has 102 valence electrons. The molecule has 5 heteroatoms. The summed E-state index contributed by atoms with van der Waals surface area (Å²) in [5.41, 5.74) is 0.524. The quantitative estimate of drug-likeness (QED) is 0.621. The van der Waals surface area contributed by atoms with Gasteiger partial charge in [-0.05, 0) is 25.0 Å². The number of nitro groups is 1. The average Bonchev–Trinajstić information content (AvgIpc) is 2.46. The van der Waals surface area contributed by atoms with E-state index in [9.17, 15) is 14.9 Å². The van der Waals surface area contributed by atoms with E-state index in [0.717, 1.165) is 12.8 Å². The first-order valence-corrected chi connectivity index (χ1v) is 6.61. The van der Waals surface area contributed by atoms with Gasteiger partial charge >= 0.3 is 0 Å². The Labute approximate surface area is 112 Å². The Morgan fingerprint density at radius 2 is 1.79 bits per heavy atom. The van der Waals surface area contributed by atoms with Crippen molar-refractivity contribution in [1.82, 2.24) is 4.90 Å². The van der Waals surface area contributed by atoms with E-state index in [4.69, 9.17) is 0 Å². The summed E-state index contributed by atoms with van der Waals surface area (Å²) >= 11 is 0. The molecule has 1 amide bonds. The fourth-order valence-corrected chi connectivity index (χ4v) is 2.56. The highest BCUT2D eigenvalue weighted by Gasteiger charge is 2.23. The summed E-state index contributed by atoms with van der Waals surface area (Å²) in [6.07, 6.45) is 5.69. The molecule has 0 atom stereocenters. The van der Waals surface area contributed by atoms with Crippen LogP contribution >= 0.6 is 0 Å². The van der Waals surface area contributed by atoms with Crippen molar-refractivity contribution in [3.63, 3.8) is 0 Å². The molecule has 0 saturated heterocycles. The molecule has 1 aliphatic carbocycles. The molecule has 1 aliphatic rings. The van der Waals surface area contributed by atoms with Crippen LogP contribution in [-0.4, -0.2) is 28.8 Å². The number of non-ortho nitro benzene ring substituents is 1. The minimum absolute atomic E-state index is 0.0110. The molecule has 0 aromatic heterocycles. The number of nitro benzene ring substituents is 1. The Morgan fingerprint density at radius 1 is 1.21 bits per heavy atom. The number of nitrogens with zero attached hydrogens (tertiary/aromatic N) is 2. The van der Waals surface area contributed by atoms with Crippen molar-refractivity contribution < 1.29 is 9.72 Å². The highest BCUT2D eigenvalue weighted by molar-refractivity contribution is 5.94. The molecular formula is C14H18N2O3.